The SMILES string of the molecule is O=C(O)C(F)(F)F.O=C(c1ccc2ccccc2n1)N(Cc1ccncc1)Cc1ccc2c(c1)OCO2. The van der Waals surface area contributed by atoms with Crippen molar-refractivity contribution in [2.24, 2.45) is 0 Å². The summed E-state index contributed by atoms with van der Waals surface area (Å²) in [7, 11) is 0. The van der Waals surface area contributed by atoms with E-state index in [1.54, 1.807) is 23.4 Å². The number of nitrogens with zero attached hydrogens (tertiary/aromatic N) is 3. The molecule has 3 heterocycles. The Morgan fingerprint density at radius 2 is 1.57 bits per heavy atom. The standard InChI is InChI=1S/C24H19N3O3.C2HF3O2/c28-24(21-7-6-19-3-1-2-4-20(19)26-21)27(14-17-9-11-25-12-10-17)15-18-5-8-22-23(13-18)30-16-29-22;3-2(4,5)1(6)7/h1-13H,14-16H2;(H,6,7). The lowest BCUT2D eigenvalue weighted by molar-refractivity contribution is -0.192. The van der Waals surface area contributed by atoms with Gasteiger partial charge in [0.25, 0.3) is 5.91 Å². The van der Waals surface area contributed by atoms with Crippen molar-refractivity contribution in [3.8, 4) is 11.5 Å². The zero-order valence-electron chi connectivity index (χ0n) is 19.2. The molecule has 0 atom stereocenters. The van der Waals surface area contributed by atoms with E-state index < -0.39 is 12.1 Å². The van der Waals surface area contributed by atoms with Crippen LogP contribution in [0.5, 0.6) is 11.5 Å². The molecule has 0 saturated heterocycles. The van der Waals surface area contributed by atoms with Gasteiger partial charge in [-0.15, -0.1) is 0 Å². The van der Waals surface area contributed by atoms with Gasteiger partial charge in [0.15, 0.2) is 11.5 Å². The van der Waals surface area contributed by atoms with Crippen molar-refractivity contribution in [3.05, 3.63) is 95.9 Å². The lowest BCUT2D eigenvalue weighted by Crippen LogP contribution is -2.30. The Morgan fingerprint density at radius 1 is 0.892 bits per heavy atom. The van der Waals surface area contributed by atoms with Gasteiger partial charge in [0.2, 0.25) is 6.79 Å². The number of carbonyl (C=O) groups excluding carboxylic acids is 1. The van der Waals surface area contributed by atoms with E-state index in [9.17, 15) is 18.0 Å². The van der Waals surface area contributed by atoms with Crippen molar-refractivity contribution in [1.29, 1.82) is 0 Å². The van der Waals surface area contributed by atoms with Gasteiger partial charge in [-0.05, 0) is 47.5 Å². The van der Waals surface area contributed by atoms with Crippen LogP contribution in [0.25, 0.3) is 10.9 Å². The van der Waals surface area contributed by atoms with Crippen molar-refractivity contribution in [3.63, 3.8) is 0 Å². The largest absolute Gasteiger partial charge is 0.490 e. The molecule has 1 aliphatic heterocycles. The van der Waals surface area contributed by atoms with E-state index in [-0.39, 0.29) is 12.7 Å². The first-order valence-corrected chi connectivity index (χ1v) is 10.9. The molecule has 0 fully saturated rings. The molecular weight excluding hydrogens is 491 g/mol. The van der Waals surface area contributed by atoms with Crippen LogP contribution in [-0.2, 0) is 17.9 Å². The second-order valence-corrected chi connectivity index (χ2v) is 7.90. The summed E-state index contributed by atoms with van der Waals surface area (Å²) >= 11 is 0. The Hall–Kier alpha value is -4.67. The lowest BCUT2D eigenvalue weighted by Gasteiger charge is -2.23. The highest BCUT2D eigenvalue weighted by Gasteiger charge is 2.38. The summed E-state index contributed by atoms with van der Waals surface area (Å²) in [5.41, 5.74) is 3.18. The van der Waals surface area contributed by atoms with Gasteiger partial charge in [-0.3, -0.25) is 9.78 Å². The van der Waals surface area contributed by atoms with E-state index in [4.69, 9.17) is 19.4 Å². The van der Waals surface area contributed by atoms with E-state index in [1.807, 2.05) is 60.7 Å². The smallest absolute Gasteiger partial charge is 0.475 e. The van der Waals surface area contributed by atoms with Gasteiger partial charge in [0.1, 0.15) is 5.69 Å². The molecule has 0 bridgehead atoms. The second kappa shape index (κ2) is 10.9. The molecule has 11 heteroatoms. The number of aromatic nitrogens is 2. The number of ether oxygens (including phenoxy) is 2. The van der Waals surface area contributed by atoms with E-state index in [0.717, 1.165) is 27.8 Å². The molecule has 8 nitrogen and oxygen atoms in total. The van der Waals surface area contributed by atoms with Crippen LogP contribution < -0.4 is 9.47 Å². The van der Waals surface area contributed by atoms with Crippen molar-refractivity contribution in [2.75, 3.05) is 6.79 Å². The maximum absolute atomic E-state index is 13.4. The number of carboxylic acid groups (broad SMARTS) is 1. The molecular formula is C26H20F3N3O5. The Morgan fingerprint density at radius 3 is 2.30 bits per heavy atom. The molecule has 1 N–H and O–H groups in total. The topological polar surface area (TPSA) is 102 Å². The number of hydrogen-bond acceptors (Lipinski definition) is 6. The van der Waals surface area contributed by atoms with Gasteiger partial charge in [-0.2, -0.15) is 13.2 Å². The zero-order chi connectivity index (χ0) is 26.4. The minimum Gasteiger partial charge on any atom is -0.475 e. The number of hydrogen-bond donors (Lipinski definition) is 1. The average Bonchev–Trinajstić information content (AvgIpc) is 3.36. The molecule has 2 aromatic carbocycles. The molecule has 2 aromatic heterocycles. The van der Waals surface area contributed by atoms with Crippen molar-refractivity contribution >= 4 is 22.8 Å². The molecule has 5 rings (SSSR count). The Bertz CT molecular complexity index is 1410. The maximum atomic E-state index is 13.4. The molecule has 0 radical (unpaired) electrons. The fraction of sp³-hybridized carbons (Fsp3) is 0.154. The number of pyridine rings is 2. The predicted octanol–water partition coefficient (Wildman–Crippen LogP) is 4.83. The molecule has 1 aliphatic rings. The third-order valence-corrected chi connectivity index (χ3v) is 5.28. The Kier molecular flexibility index (Phi) is 7.52. The van der Waals surface area contributed by atoms with Gasteiger partial charge in [-0.25, -0.2) is 9.78 Å². The third-order valence-electron chi connectivity index (χ3n) is 5.28. The van der Waals surface area contributed by atoms with E-state index in [2.05, 4.69) is 9.97 Å². The molecule has 37 heavy (non-hydrogen) atoms. The van der Waals surface area contributed by atoms with Gasteiger partial charge >= 0.3 is 12.1 Å². The molecule has 190 valence electrons. The van der Waals surface area contributed by atoms with E-state index in [0.29, 0.717) is 24.5 Å². The first-order chi connectivity index (χ1) is 17.7. The van der Waals surface area contributed by atoms with Crippen LogP contribution in [0.15, 0.2) is 79.1 Å². The number of halogens is 3. The Balaban J connectivity index is 0.000000405. The number of carboxylic acids is 1. The van der Waals surface area contributed by atoms with Crippen LogP contribution in [-0.4, -0.2) is 44.8 Å². The quantitative estimate of drug-likeness (QED) is 0.409. The summed E-state index contributed by atoms with van der Waals surface area (Å²) in [6.07, 6.45) is -1.63. The second-order valence-electron chi connectivity index (χ2n) is 7.90. The van der Waals surface area contributed by atoms with Crippen molar-refractivity contribution in [2.45, 2.75) is 19.3 Å². The summed E-state index contributed by atoms with van der Waals surface area (Å²) in [6, 6.07) is 21.1. The summed E-state index contributed by atoms with van der Waals surface area (Å²) < 4.78 is 42.6. The molecule has 0 saturated carbocycles. The predicted molar refractivity (Wildman–Crippen MR) is 126 cm³/mol. The first-order valence-electron chi connectivity index (χ1n) is 10.9. The number of carbonyl (C=O) groups is 2. The molecule has 0 aliphatic carbocycles. The number of para-hydroxylation sites is 1. The van der Waals surface area contributed by atoms with Crippen LogP contribution in [0, 0.1) is 0 Å². The highest BCUT2D eigenvalue weighted by Crippen LogP contribution is 2.33. The fourth-order valence-electron chi connectivity index (χ4n) is 3.51. The van der Waals surface area contributed by atoms with Crippen molar-refractivity contribution in [1.82, 2.24) is 14.9 Å². The fourth-order valence-corrected chi connectivity index (χ4v) is 3.51. The van der Waals surface area contributed by atoms with Gasteiger partial charge in [0.05, 0.1) is 5.52 Å². The average molecular weight is 511 g/mol. The van der Waals surface area contributed by atoms with Crippen molar-refractivity contribution < 1.29 is 37.3 Å². The van der Waals surface area contributed by atoms with Gasteiger partial charge < -0.3 is 19.5 Å². The molecule has 0 unspecified atom stereocenters. The third kappa shape index (κ3) is 6.51. The Labute approximate surface area is 208 Å². The molecule has 0 spiro atoms. The monoisotopic (exact) mass is 511 g/mol. The number of amides is 1. The summed E-state index contributed by atoms with van der Waals surface area (Å²) in [5, 5.41) is 8.13. The van der Waals surface area contributed by atoms with Crippen LogP contribution >= 0.6 is 0 Å². The highest BCUT2D eigenvalue weighted by molar-refractivity contribution is 5.94. The maximum Gasteiger partial charge on any atom is 0.490 e. The summed E-state index contributed by atoms with van der Waals surface area (Å²) in [5.74, 6) is -1.46. The van der Waals surface area contributed by atoms with Crippen LogP contribution in [0.3, 0.4) is 0 Å². The van der Waals surface area contributed by atoms with Crippen LogP contribution in [0.4, 0.5) is 13.2 Å². The van der Waals surface area contributed by atoms with Crippen LogP contribution in [0.2, 0.25) is 0 Å². The summed E-state index contributed by atoms with van der Waals surface area (Å²) in [4.78, 5) is 32.8. The molecule has 1 amide bonds. The van der Waals surface area contributed by atoms with E-state index >= 15 is 0 Å². The van der Waals surface area contributed by atoms with Gasteiger partial charge in [0, 0.05) is 30.9 Å². The minimum atomic E-state index is -5.08. The molecule has 4 aromatic rings. The number of aliphatic carboxylic acids is 1. The first kappa shape index (κ1) is 25.4. The minimum absolute atomic E-state index is 0.129. The number of fused-ring (bicyclic) bond motifs is 2. The number of alkyl halides is 3. The summed E-state index contributed by atoms with van der Waals surface area (Å²) in [6.45, 7) is 1.09. The lowest BCUT2D eigenvalue weighted by atomic mass is 10.1. The number of benzene rings is 2. The van der Waals surface area contributed by atoms with E-state index in [1.165, 1.54) is 0 Å². The zero-order valence-corrected chi connectivity index (χ0v) is 19.2. The van der Waals surface area contributed by atoms with Gasteiger partial charge in [-0.1, -0.05) is 30.3 Å². The highest BCUT2D eigenvalue weighted by atomic mass is 19.4. The van der Waals surface area contributed by atoms with Crippen LogP contribution in [0.1, 0.15) is 21.6 Å². The number of rotatable bonds is 5. The normalized spacial score (nSPS) is 12.0.